The fraction of sp³-hybridized carbons (Fsp3) is 0.0625. The number of hydrazine groups is 1. The van der Waals surface area contributed by atoms with Crippen molar-refractivity contribution in [2.45, 2.75) is 6.92 Å². The molecule has 0 heterocycles. The first-order chi connectivity index (χ1) is 11.8. The van der Waals surface area contributed by atoms with Crippen molar-refractivity contribution in [1.29, 1.82) is 5.41 Å². The van der Waals surface area contributed by atoms with Gasteiger partial charge in [-0.2, -0.15) is 0 Å². The smallest absolute Gasteiger partial charge is 0.249 e. The molecule has 2 amide bonds. The lowest BCUT2D eigenvalue weighted by molar-refractivity contribution is -0.106. The zero-order valence-corrected chi connectivity index (χ0v) is 14.3. The second-order valence-corrected chi connectivity index (χ2v) is 4.95. The molecule has 0 radical (unpaired) electrons. The topological polar surface area (TPSA) is 160 Å². The van der Waals surface area contributed by atoms with Crippen molar-refractivity contribution in [2.75, 3.05) is 5.01 Å². The number of nitrogens with two attached hydrogens (primary N) is 3. The van der Waals surface area contributed by atoms with Gasteiger partial charge in [0.15, 0.2) is 0 Å². The Morgan fingerprint density at radius 2 is 1.88 bits per heavy atom. The zero-order chi connectivity index (χ0) is 19.4. The molecule has 0 saturated heterocycles. The summed E-state index contributed by atoms with van der Waals surface area (Å²) >= 11 is 5.65. The lowest BCUT2D eigenvalue weighted by Gasteiger charge is -2.10. The number of aromatic hydroxyl groups is 1. The third-order valence-electron chi connectivity index (χ3n) is 2.73. The molecule has 9 heteroatoms. The van der Waals surface area contributed by atoms with Gasteiger partial charge in [0.1, 0.15) is 12.1 Å². The van der Waals surface area contributed by atoms with Gasteiger partial charge in [0, 0.05) is 16.7 Å². The first-order valence-corrected chi connectivity index (χ1v) is 7.19. The molecule has 0 fully saturated rings. The van der Waals surface area contributed by atoms with Crippen LogP contribution in [0.5, 0.6) is 5.75 Å². The quantitative estimate of drug-likeness (QED) is 0.183. The second-order valence-electron chi connectivity index (χ2n) is 4.52. The van der Waals surface area contributed by atoms with Crippen LogP contribution in [0.1, 0.15) is 15.9 Å². The Morgan fingerprint density at radius 1 is 1.28 bits per heavy atom. The van der Waals surface area contributed by atoms with E-state index in [1.165, 1.54) is 6.07 Å². The molecule has 2 aromatic carbocycles. The van der Waals surface area contributed by atoms with Gasteiger partial charge in [0.05, 0.1) is 5.69 Å². The average Bonchev–Trinajstić information content (AvgIpc) is 2.57. The van der Waals surface area contributed by atoms with E-state index in [-0.39, 0.29) is 12.2 Å². The van der Waals surface area contributed by atoms with Crippen molar-refractivity contribution >= 4 is 35.9 Å². The van der Waals surface area contributed by atoms with Gasteiger partial charge in [0.2, 0.25) is 12.3 Å². The van der Waals surface area contributed by atoms with Crippen LogP contribution >= 0.6 is 11.6 Å². The molecule has 0 atom stereocenters. The molecule has 134 valence electrons. The van der Waals surface area contributed by atoms with E-state index in [0.717, 1.165) is 16.9 Å². The largest absolute Gasteiger partial charge is 0.508 e. The summed E-state index contributed by atoms with van der Waals surface area (Å²) in [6.07, 6.45) is 1.22. The van der Waals surface area contributed by atoms with Crippen LogP contribution in [0.4, 0.5) is 5.69 Å². The number of phenolic OH excluding ortho intramolecular Hbond substituents is 1. The van der Waals surface area contributed by atoms with Gasteiger partial charge in [-0.3, -0.25) is 20.0 Å². The van der Waals surface area contributed by atoms with Crippen molar-refractivity contribution in [3.63, 3.8) is 0 Å². The number of halogens is 1. The van der Waals surface area contributed by atoms with Gasteiger partial charge in [-0.1, -0.05) is 23.7 Å². The number of rotatable bonds is 3. The number of benzene rings is 2. The molecule has 0 aliphatic heterocycles. The fourth-order valence-electron chi connectivity index (χ4n) is 1.59. The summed E-state index contributed by atoms with van der Waals surface area (Å²) in [6.45, 7) is 1.82. The van der Waals surface area contributed by atoms with E-state index in [1.54, 1.807) is 36.4 Å². The van der Waals surface area contributed by atoms with Crippen LogP contribution in [0, 0.1) is 12.3 Å². The Kier molecular flexibility index (Phi) is 10.0. The van der Waals surface area contributed by atoms with Gasteiger partial charge < -0.3 is 16.6 Å². The van der Waals surface area contributed by atoms with Gasteiger partial charge in [0.25, 0.3) is 0 Å². The van der Waals surface area contributed by atoms with E-state index in [2.05, 4.69) is 5.73 Å². The highest BCUT2D eigenvalue weighted by Crippen LogP contribution is 2.16. The van der Waals surface area contributed by atoms with E-state index in [9.17, 15) is 4.79 Å². The maximum absolute atomic E-state index is 10.7. The molecule has 0 aromatic heterocycles. The first-order valence-electron chi connectivity index (χ1n) is 6.81. The number of phenols is 1. The van der Waals surface area contributed by atoms with E-state index in [0.29, 0.717) is 16.3 Å². The maximum atomic E-state index is 10.7. The standard InChI is InChI=1S/C8H8ClNO.C7H9N3O.CH3NO/c1-5-2-3-6(9)4-7(5)8(10)11;8-5-10(9)6-2-1-3-7(11)4-6;2-1-3/h2-4H,1H3,(H2,10,11);1-5,8,11H,9H2;1H,(H2,2,3). The molecule has 2 aromatic rings. The van der Waals surface area contributed by atoms with Gasteiger partial charge in [-0.25, -0.2) is 5.84 Å². The van der Waals surface area contributed by atoms with Crippen molar-refractivity contribution in [3.05, 3.63) is 58.6 Å². The van der Waals surface area contributed by atoms with Crippen molar-refractivity contribution in [2.24, 2.45) is 17.3 Å². The summed E-state index contributed by atoms with van der Waals surface area (Å²) in [4.78, 5) is 19.3. The third kappa shape index (κ3) is 8.35. The maximum Gasteiger partial charge on any atom is 0.249 e. The number of carbonyl (C=O) groups excluding carboxylic acids is 2. The van der Waals surface area contributed by atoms with Crippen LogP contribution in [0.2, 0.25) is 5.02 Å². The number of aryl methyl sites for hydroxylation is 1. The highest BCUT2D eigenvalue weighted by molar-refractivity contribution is 6.31. The summed E-state index contributed by atoms with van der Waals surface area (Å²) in [7, 11) is 0. The zero-order valence-electron chi connectivity index (χ0n) is 13.5. The van der Waals surface area contributed by atoms with Crippen molar-refractivity contribution in [1.82, 2.24) is 0 Å². The molecule has 0 saturated carbocycles. The monoisotopic (exact) mass is 365 g/mol. The van der Waals surface area contributed by atoms with E-state index >= 15 is 0 Å². The van der Waals surface area contributed by atoms with E-state index in [1.807, 2.05) is 6.92 Å². The van der Waals surface area contributed by atoms with Crippen molar-refractivity contribution < 1.29 is 14.7 Å². The van der Waals surface area contributed by atoms with Gasteiger partial charge in [-0.05, 0) is 36.8 Å². The molecule has 0 unspecified atom stereocenters. The lowest BCUT2D eigenvalue weighted by Crippen LogP contribution is -2.28. The predicted octanol–water partition coefficient (Wildman–Crippen LogP) is 1.53. The Hall–Kier alpha value is -3.10. The molecule has 8 N–H and O–H groups in total. The van der Waals surface area contributed by atoms with Crippen LogP contribution in [0.25, 0.3) is 0 Å². The normalized spacial score (nSPS) is 8.76. The highest BCUT2D eigenvalue weighted by Gasteiger charge is 2.03. The molecule has 25 heavy (non-hydrogen) atoms. The first kappa shape index (κ1) is 21.9. The minimum Gasteiger partial charge on any atom is -0.508 e. The molecule has 8 nitrogen and oxygen atoms in total. The van der Waals surface area contributed by atoms with Gasteiger partial charge in [-0.15, -0.1) is 0 Å². The summed E-state index contributed by atoms with van der Waals surface area (Å²) in [6, 6.07) is 11.4. The SMILES string of the molecule is Cc1ccc(Cl)cc1C(N)=O.N=CN(N)c1cccc(O)c1.NC=O. The average molecular weight is 366 g/mol. The van der Waals surface area contributed by atoms with Crippen LogP contribution in [0.3, 0.4) is 0 Å². The Morgan fingerprint density at radius 3 is 2.32 bits per heavy atom. The number of nitrogens with one attached hydrogen (secondary N) is 1. The van der Waals surface area contributed by atoms with Crippen LogP contribution < -0.4 is 22.3 Å². The fourth-order valence-corrected chi connectivity index (χ4v) is 1.76. The molecule has 0 spiro atoms. The Labute approximate surface area is 150 Å². The molecule has 0 bridgehead atoms. The van der Waals surface area contributed by atoms with Crippen LogP contribution in [-0.4, -0.2) is 23.8 Å². The number of primary amides is 2. The Bertz CT molecular complexity index is 725. The minimum atomic E-state index is -0.440. The summed E-state index contributed by atoms with van der Waals surface area (Å²) in [5, 5.41) is 17.5. The molecule has 0 aliphatic carbocycles. The van der Waals surface area contributed by atoms with E-state index in [4.69, 9.17) is 38.5 Å². The number of nitrogens with zero attached hydrogens (tertiary/aromatic N) is 1. The third-order valence-corrected chi connectivity index (χ3v) is 2.97. The van der Waals surface area contributed by atoms with Crippen molar-refractivity contribution in [3.8, 4) is 5.75 Å². The molecule has 0 aliphatic rings. The molecule has 2 rings (SSSR count). The molecular formula is C16H20ClN5O3. The summed E-state index contributed by atoms with van der Waals surface area (Å²) < 4.78 is 0. The number of amides is 2. The molecular weight excluding hydrogens is 346 g/mol. The summed E-state index contributed by atoms with van der Waals surface area (Å²) in [5.74, 6) is 5.04. The van der Waals surface area contributed by atoms with E-state index < -0.39 is 5.91 Å². The number of hydrogen-bond acceptors (Lipinski definition) is 5. The van der Waals surface area contributed by atoms with Gasteiger partial charge >= 0.3 is 0 Å². The summed E-state index contributed by atoms with van der Waals surface area (Å²) in [5.41, 5.74) is 11.2. The highest BCUT2D eigenvalue weighted by atomic mass is 35.5. The number of hydrogen-bond donors (Lipinski definition) is 5. The number of carbonyl (C=O) groups is 2. The minimum absolute atomic E-state index is 0.139. The lowest BCUT2D eigenvalue weighted by atomic mass is 10.1. The van der Waals surface area contributed by atoms with Crippen LogP contribution in [0.15, 0.2) is 42.5 Å². The second kappa shape index (κ2) is 11.4. The predicted molar refractivity (Wildman–Crippen MR) is 98.5 cm³/mol. The van der Waals surface area contributed by atoms with Crippen LogP contribution in [-0.2, 0) is 4.79 Å². The Balaban J connectivity index is 0.000000399. The number of anilines is 1.